The summed E-state index contributed by atoms with van der Waals surface area (Å²) in [6.07, 6.45) is 0. The van der Waals surface area contributed by atoms with Crippen LogP contribution in [0, 0.1) is 5.92 Å². The molecule has 1 atom stereocenters. The van der Waals surface area contributed by atoms with Gasteiger partial charge in [-0.2, -0.15) is 0 Å². The molecular formula is C14H23N3O2. The molecule has 1 unspecified atom stereocenters. The van der Waals surface area contributed by atoms with Crippen LogP contribution < -0.4 is 11.1 Å². The number of carbonyl (C=O) groups is 1. The largest absolute Gasteiger partial charge is 0.478 e. The van der Waals surface area contributed by atoms with Crippen molar-refractivity contribution < 1.29 is 9.90 Å². The normalized spacial score (nSPS) is 12.7. The molecule has 0 saturated heterocycles. The molecule has 106 valence electrons. The van der Waals surface area contributed by atoms with Gasteiger partial charge in [0.2, 0.25) is 0 Å². The molecule has 0 aliphatic carbocycles. The Kier molecular flexibility index (Phi) is 5.18. The highest BCUT2D eigenvalue weighted by molar-refractivity contribution is 5.90. The molecule has 5 heteroatoms. The fourth-order valence-corrected chi connectivity index (χ4v) is 1.83. The van der Waals surface area contributed by atoms with Crippen molar-refractivity contribution in [2.24, 2.45) is 5.92 Å². The summed E-state index contributed by atoms with van der Waals surface area (Å²) in [6.45, 7) is 5.10. The quantitative estimate of drug-likeness (QED) is 0.685. The highest BCUT2D eigenvalue weighted by Crippen LogP contribution is 2.22. The third-order valence-electron chi connectivity index (χ3n) is 3.01. The summed E-state index contributed by atoms with van der Waals surface area (Å²) in [5, 5.41) is 12.4. The van der Waals surface area contributed by atoms with Gasteiger partial charge in [0.25, 0.3) is 0 Å². The average molecular weight is 265 g/mol. The van der Waals surface area contributed by atoms with Crippen LogP contribution >= 0.6 is 0 Å². The molecule has 0 aliphatic heterocycles. The minimum absolute atomic E-state index is 0.210. The average Bonchev–Trinajstić information content (AvgIpc) is 2.29. The van der Waals surface area contributed by atoms with E-state index in [2.05, 4.69) is 24.1 Å². The molecule has 19 heavy (non-hydrogen) atoms. The third-order valence-corrected chi connectivity index (χ3v) is 3.01. The van der Waals surface area contributed by atoms with Gasteiger partial charge in [-0.15, -0.1) is 0 Å². The second kappa shape index (κ2) is 6.43. The van der Waals surface area contributed by atoms with E-state index in [4.69, 9.17) is 10.8 Å². The lowest BCUT2D eigenvalue weighted by atomic mass is 10.0. The van der Waals surface area contributed by atoms with Crippen molar-refractivity contribution in [3.05, 3.63) is 23.8 Å². The van der Waals surface area contributed by atoms with Crippen LogP contribution in [0.2, 0.25) is 0 Å². The van der Waals surface area contributed by atoms with Crippen LogP contribution in [0.3, 0.4) is 0 Å². The van der Waals surface area contributed by atoms with Gasteiger partial charge in [-0.3, -0.25) is 0 Å². The number of carboxylic acid groups (broad SMARTS) is 1. The summed E-state index contributed by atoms with van der Waals surface area (Å²) in [6, 6.07) is 4.93. The van der Waals surface area contributed by atoms with E-state index in [1.165, 1.54) is 6.07 Å². The third kappa shape index (κ3) is 4.44. The number of hydrogen-bond acceptors (Lipinski definition) is 4. The maximum Gasteiger partial charge on any atom is 0.335 e. The molecule has 1 aromatic carbocycles. The number of anilines is 2. The summed E-state index contributed by atoms with van der Waals surface area (Å²) in [7, 11) is 4.02. The summed E-state index contributed by atoms with van der Waals surface area (Å²) >= 11 is 0. The van der Waals surface area contributed by atoms with Crippen LogP contribution in [0.15, 0.2) is 18.2 Å². The molecule has 1 rings (SSSR count). The standard InChI is InChI=1S/C14H23N3O2/c1-9(2)13(8-17(3)4)16-12-7-10(14(18)19)5-6-11(12)15/h5-7,9,13,16H,8,15H2,1-4H3,(H,18,19). The Morgan fingerprint density at radius 2 is 2.05 bits per heavy atom. The van der Waals surface area contributed by atoms with Crippen LogP contribution in [0.25, 0.3) is 0 Å². The minimum atomic E-state index is -0.947. The van der Waals surface area contributed by atoms with E-state index >= 15 is 0 Å². The molecule has 0 radical (unpaired) electrons. The highest BCUT2D eigenvalue weighted by atomic mass is 16.4. The molecule has 0 fully saturated rings. The first kappa shape index (κ1) is 15.3. The zero-order valence-corrected chi connectivity index (χ0v) is 12.0. The molecule has 0 saturated carbocycles. The van der Waals surface area contributed by atoms with Crippen molar-refractivity contribution in [1.29, 1.82) is 0 Å². The molecule has 0 aromatic heterocycles. The topological polar surface area (TPSA) is 78.6 Å². The van der Waals surface area contributed by atoms with Crippen molar-refractivity contribution in [1.82, 2.24) is 4.90 Å². The van der Waals surface area contributed by atoms with Gasteiger partial charge in [0, 0.05) is 12.6 Å². The first-order valence-corrected chi connectivity index (χ1v) is 6.35. The summed E-state index contributed by atoms with van der Waals surface area (Å²) < 4.78 is 0. The van der Waals surface area contributed by atoms with Gasteiger partial charge in [0.1, 0.15) is 0 Å². The second-order valence-electron chi connectivity index (χ2n) is 5.36. The fourth-order valence-electron chi connectivity index (χ4n) is 1.83. The SMILES string of the molecule is CC(C)C(CN(C)C)Nc1cc(C(=O)O)ccc1N. The number of nitrogens with zero attached hydrogens (tertiary/aromatic N) is 1. The lowest BCUT2D eigenvalue weighted by Gasteiger charge is -2.27. The smallest absolute Gasteiger partial charge is 0.335 e. The zero-order chi connectivity index (χ0) is 14.6. The number of carboxylic acids is 1. The van der Waals surface area contributed by atoms with E-state index in [0.29, 0.717) is 17.3 Å². The number of rotatable bonds is 6. The molecule has 0 spiro atoms. The van der Waals surface area contributed by atoms with Gasteiger partial charge in [-0.05, 0) is 38.2 Å². The Morgan fingerprint density at radius 3 is 2.53 bits per heavy atom. The van der Waals surface area contributed by atoms with Crippen molar-refractivity contribution >= 4 is 17.3 Å². The van der Waals surface area contributed by atoms with E-state index in [9.17, 15) is 4.79 Å². The van der Waals surface area contributed by atoms with E-state index in [1.807, 2.05) is 14.1 Å². The summed E-state index contributed by atoms with van der Waals surface area (Å²) in [5.41, 5.74) is 7.38. The van der Waals surface area contributed by atoms with Crippen LogP contribution in [0.4, 0.5) is 11.4 Å². The van der Waals surface area contributed by atoms with Crippen LogP contribution in [0.5, 0.6) is 0 Å². The van der Waals surface area contributed by atoms with Crippen molar-refractivity contribution in [2.75, 3.05) is 31.7 Å². The number of likely N-dealkylation sites (N-methyl/N-ethyl adjacent to an activating group) is 1. The number of nitrogens with two attached hydrogens (primary N) is 1. The summed E-state index contributed by atoms with van der Waals surface area (Å²) in [4.78, 5) is 13.1. The Labute approximate surface area is 114 Å². The number of benzene rings is 1. The fraction of sp³-hybridized carbons (Fsp3) is 0.500. The van der Waals surface area contributed by atoms with Crippen molar-refractivity contribution in [3.8, 4) is 0 Å². The van der Waals surface area contributed by atoms with Gasteiger partial charge < -0.3 is 21.1 Å². The van der Waals surface area contributed by atoms with Crippen LogP contribution in [-0.2, 0) is 0 Å². The number of hydrogen-bond donors (Lipinski definition) is 3. The highest BCUT2D eigenvalue weighted by Gasteiger charge is 2.16. The second-order valence-corrected chi connectivity index (χ2v) is 5.36. The molecule has 4 N–H and O–H groups in total. The molecule has 1 aromatic rings. The maximum atomic E-state index is 11.0. The first-order valence-electron chi connectivity index (χ1n) is 6.35. The zero-order valence-electron chi connectivity index (χ0n) is 12.0. The van der Waals surface area contributed by atoms with Gasteiger partial charge >= 0.3 is 5.97 Å². The molecule has 5 nitrogen and oxygen atoms in total. The molecule has 0 amide bonds. The van der Waals surface area contributed by atoms with Gasteiger partial charge in [0.05, 0.1) is 16.9 Å². The van der Waals surface area contributed by atoms with E-state index in [0.717, 1.165) is 6.54 Å². The molecule has 0 heterocycles. The van der Waals surface area contributed by atoms with Crippen LogP contribution in [0.1, 0.15) is 24.2 Å². The Balaban J connectivity index is 2.95. The van der Waals surface area contributed by atoms with Crippen molar-refractivity contribution in [2.45, 2.75) is 19.9 Å². The van der Waals surface area contributed by atoms with Gasteiger partial charge in [-0.25, -0.2) is 4.79 Å². The predicted molar refractivity (Wildman–Crippen MR) is 78.6 cm³/mol. The van der Waals surface area contributed by atoms with E-state index < -0.39 is 5.97 Å². The lowest BCUT2D eigenvalue weighted by Crippen LogP contribution is -2.36. The van der Waals surface area contributed by atoms with Gasteiger partial charge in [-0.1, -0.05) is 13.8 Å². The first-order chi connectivity index (χ1) is 8.81. The molecule has 0 bridgehead atoms. The Morgan fingerprint density at radius 1 is 1.42 bits per heavy atom. The van der Waals surface area contributed by atoms with Gasteiger partial charge in [0.15, 0.2) is 0 Å². The number of aromatic carboxylic acids is 1. The summed E-state index contributed by atoms with van der Waals surface area (Å²) in [5.74, 6) is -0.535. The van der Waals surface area contributed by atoms with Crippen molar-refractivity contribution in [3.63, 3.8) is 0 Å². The Hall–Kier alpha value is -1.75. The minimum Gasteiger partial charge on any atom is -0.478 e. The van der Waals surface area contributed by atoms with E-state index in [-0.39, 0.29) is 11.6 Å². The lowest BCUT2D eigenvalue weighted by molar-refractivity contribution is 0.0697. The maximum absolute atomic E-state index is 11.0. The molecule has 0 aliphatic rings. The van der Waals surface area contributed by atoms with Crippen LogP contribution in [-0.4, -0.2) is 42.7 Å². The predicted octanol–water partition coefficient (Wildman–Crippen LogP) is 1.97. The van der Waals surface area contributed by atoms with E-state index in [1.54, 1.807) is 12.1 Å². The number of nitrogen functional groups attached to an aromatic ring is 1. The monoisotopic (exact) mass is 265 g/mol. The number of nitrogens with one attached hydrogen (secondary N) is 1. The molecular weight excluding hydrogens is 242 g/mol. The Bertz CT molecular complexity index is 444.